The van der Waals surface area contributed by atoms with E-state index in [0.717, 1.165) is 11.3 Å². The highest BCUT2D eigenvalue weighted by molar-refractivity contribution is 7.89. The van der Waals surface area contributed by atoms with E-state index in [1.165, 1.54) is 0 Å². The second kappa shape index (κ2) is 7.38. The number of sulfonamides is 1. The largest absolute Gasteiger partial charge is 0.378 e. The van der Waals surface area contributed by atoms with Gasteiger partial charge in [-0.1, -0.05) is 18.2 Å². The lowest BCUT2D eigenvalue weighted by molar-refractivity contribution is 0.0297. The summed E-state index contributed by atoms with van der Waals surface area (Å²) in [5.41, 5.74) is 1.62. The number of morpholine rings is 1. The second-order valence-corrected chi connectivity index (χ2v) is 7.70. The van der Waals surface area contributed by atoms with Crippen LogP contribution in [0.4, 0.5) is 0 Å². The molecule has 7 heteroatoms. The van der Waals surface area contributed by atoms with Crippen molar-refractivity contribution in [3.8, 4) is 0 Å². The number of ether oxygens (including phenoxy) is 1. The van der Waals surface area contributed by atoms with Gasteiger partial charge in [-0.05, 0) is 31.4 Å². The number of nitrogens with zero attached hydrogens (tertiary/aromatic N) is 3. The van der Waals surface area contributed by atoms with Gasteiger partial charge < -0.3 is 4.74 Å². The third-order valence-corrected chi connectivity index (χ3v) is 6.32. The monoisotopic (exact) mass is 347 g/mol. The normalized spacial score (nSPS) is 19.3. The van der Waals surface area contributed by atoms with E-state index in [1.54, 1.807) is 35.0 Å². The van der Waals surface area contributed by atoms with E-state index in [1.807, 2.05) is 19.1 Å². The molecule has 128 valence electrons. The first-order valence-electron chi connectivity index (χ1n) is 7.99. The number of aromatic nitrogens is 2. The van der Waals surface area contributed by atoms with Crippen molar-refractivity contribution in [1.82, 2.24) is 14.3 Å². The van der Waals surface area contributed by atoms with Crippen molar-refractivity contribution >= 4 is 10.0 Å². The minimum absolute atomic E-state index is 0.189. The Morgan fingerprint density at radius 3 is 2.88 bits per heavy atom. The Balaban J connectivity index is 1.80. The van der Waals surface area contributed by atoms with Crippen LogP contribution in [0.25, 0.3) is 0 Å². The van der Waals surface area contributed by atoms with Gasteiger partial charge in [-0.15, -0.1) is 0 Å². The van der Waals surface area contributed by atoms with Crippen molar-refractivity contribution in [1.29, 1.82) is 0 Å². The number of rotatable bonds is 5. The van der Waals surface area contributed by atoms with Crippen LogP contribution in [-0.2, 0) is 21.2 Å². The van der Waals surface area contributed by atoms with Crippen LogP contribution in [0.2, 0.25) is 0 Å². The van der Waals surface area contributed by atoms with Crippen molar-refractivity contribution in [3.63, 3.8) is 0 Å². The number of aryl methyl sites for hydroxylation is 2. The minimum Gasteiger partial charge on any atom is -0.378 e. The zero-order valence-corrected chi connectivity index (χ0v) is 14.4. The van der Waals surface area contributed by atoms with E-state index in [0.29, 0.717) is 37.5 Å². The van der Waals surface area contributed by atoms with Gasteiger partial charge in [0.25, 0.3) is 0 Å². The minimum atomic E-state index is -3.53. The van der Waals surface area contributed by atoms with Crippen LogP contribution in [-0.4, -0.2) is 48.5 Å². The Morgan fingerprint density at radius 2 is 2.12 bits per heavy atom. The quantitative estimate of drug-likeness (QED) is 0.825. The fourth-order valence-electron chi connectivity index (χ4n) is 2.93. The molecule has 1 atom stereocenters. The Labute approximate surface area is 142 Å². The van der Waals surface area contributed by atoms with Gasteiger partial charge >= 0.3 is 0 Å². The lowest BCUT2D eigenvalue weighted by Crippen LogP contribution is -2.48. The van der Waals surface area contributed by atoms with Gasteiger partial charge in [0.15, 0.2) is 0 Å². The van der Waals surface area contributed by atoms with Gasteiger partial charge in [0.1, 0.15) is 0 Å². The van der Waals surface area contributed by atoms with Gasteiger partial charge in [0.05, 0.1) is 23.8 Å². The van der Waals surface area contributed by atoms with Crippen LogP contribution < -0.4 is 0 Å². The molecule has 1 saturated heterocycles. The van der Waals surface area contributed by atoms with Gasteiger partial charge in [0, 0.05) is 31.2 Å². The molecule has 0 radical (unpaired) electrons. The van der Waals surface area contributed by atoms with Crippen molar-refractivity contribution in [2.45, 2.75) is 30.7 Å². The maximum Gasteiger partial charge on any atom is 0.243 e. The Kier molecular flexibility index (Phi) is 5.23. The van der Waals surface area contributed by atoms with Crippen molar-refractivity contribution in [2.24, 2.45) is 0 Å². The van der Waals surface area contributed by atoms with Crippen molar-refractivity contribution in [2.75, 3.05) is 19.8 Å². The molecule has 0 amide bonds. The van der Waals surface area contributed by atoms with Gasteiger partial charge in [0.2, 0.25) is 10.0 Å². The number of hydrogen-bond acceptors (Lipinski definition) is 5. The molecule has 0 unspecified atom stereocenters. The highest BCUT2D eigenvalue weighted by Crippen LogP contribution is 2.25. The molecular weight excluding hydrogens is 326 g/mol. The maximum atomic E-state index is 13.1. The first-order chi connectivity index (χ1) is 11.6. The molecule has 3 rings (SSSR count). The van der Waals surface area contributed by atoms with E-state index >= 15 is 0 Å². The highest BCUT2D eigenvalue weighted by atomic mass is 32.2. The molecule has 1 aliphatic rings. The molecule has 0 N–H and O–H groups in total. The summed E-state index contributed by atoms with van der Waals surface area (Å²) in [5, 5.41) is 0. The molecule has 0 spiro atoms. The molecular formula is C17H21N3O3S. The number of hydrogen-bond donors (Lipinski definition) is 0. The lowest BCUT2D eigenvalue weighted by atomic mass is 10.1. The summed E-state index contributed by atoms with van der Waals surface area (Å²) in [4.78, 5) is 8.67. The Morgan fingerprint density at radius 1 is 1.29 bits per heavy atom. The van der Waals surface area contributed by atoms with Crippen LogP contribution in [0.15, 0.2) is 47.8 Å². The predicted molar refractivity (Wildman–Crippen MR) is 90.0 cm³/mol. The SMILES string of the molecule is Cc1ccccc1S(=O)(=O)N1CCOC[C@@H]1CCc1cnccn1. The average molecular weight is 347 g/mol. The molecule has 1 aliphatic heterocycles. The summed E-state index contributed by atoms with van der Waals surface area (Å²) in [5.74, 6) is 0. The molecule has 0 saturated carbocycles. The van der Waals surface area contributed by atoms with Crippen LogP contribution >= 0.6 is 0 Å². The summed E-state index contributed by atoms with van der Waals surface area (Å²) < 4.78 is 33.2. The molecule has 1 aromatic heterocycles. The molecule has 0 bridgehead atoms. The van der Waals surface area contributed by atoms with E-state index in [-0.39, 0.29) is 6.04 Å². The topological polar surface area (TPSA) is 72.4 Å². The molecule has 6 nitrogen and oxygen atoms in total. The van der Waals surface area contributed by atoms with Crippen molar-refractivity contribution in [3.05, 3.63) is 54.1 Å². The van der Waals surface area contributed by atoms with Gasteiger partial charge in [-0.25, -0.2) is 8.42 Å². The molecule has 2 heterocycles. The molecule has 1 aromatic carbocycles. The summed E-state index contributed by atoms with van der Waals surface area (Å²) in [7, 11) is -3.53. The zero-order chi connectivity index (χ0) is 17.0. The van der Waals surface area contributed by atoms with Crippen LogP contribution in [0, 0.1) is 6.92 Å². The van der Waals surface area contributed by atoms with Crippen molar-refractivity contribution < 1.29 is 13.2 Å². The fourth-order valence-corrected chi connectivity index (χ4v) is 4.78. The zero-order valence-electron chi connectivity index (χ0n) is 13.6. The summed E-state index contributed by atoms with van der Waals surface area (Å²) in [6.45, 7) is 3.03. The third-order valence-electron chi connectivity index (χ3n) is 4.20. The van der Waals surface area contributed by atoms with E-state index in [2.05, 4.69) is 9.97 Å². The third kappa shape index (κ3) is 3.63. The van der Waals surface area contributed by atoms with Crippen LogP contribution in [0.1, 0.15) is 17.7 Å². The molecule has 0 aliphatic carbocycles. The maximum absolute atomic E-state index is 13.1. The predicted octanol–water partition coefficient (Wildman–Crippen LogP) is 1.81. The average Bonchev–Trinajstić information content (AvgIpc) is 2.61. The summed E-state index contributed by atoms with van der Waals surface area (Å²) in [6, 6.07) is 6.90. The van der Waals surface area contributed by atoms with Gasteiger partial charge in [-0.2, -0.15) is 4.31 Å². The second-order valence-electron chi connectivity index (χ2n) is 5.85. The molecule has 2 aromatic rings. The molecule has 1 fully saturated rings. The van der Waals surface area contributed by atoms with Crippen LogP contribution in [0.5, 0.6) is 0 Å². The van der Waals surface area contributed by atoms with E-state index < -0.39 is 10.0 Å². The first-order valence-corrected chi connectivity index (χ1v) is 9.43. The van der Waals surface area contributed by atoms with E-state index in [9.17, 15) is 8.42 Å². The van der Waals surface area contributed by atoms with Gasteiger partial charge in [-0.3, -0.25) is 9.97 Å². The smallest absolute Gasteiger partial charge is 0.243 e. The summed E-state index contributed by atoms with van der Waals surface area (Å²) >= 11 is 0. The standard InChI is InChI=1S/C17H21N3O3S/c1-14-4-2-3-5-17(14)24(21,22)20-10-11-23-13-16(20)7-6-15-12-18-8-9-19-15/h2-5,8-9,12,16H,6-7,10-11,13H2,1H3/t16-/m0/s1. The Hall–Kier alpha value is -1.83. The summed E-state index contributed by atoms with van der Waals surface area (Å²) in [6.07, 6.45) is 6.31. The van der Waals surface area contributed by atoms with E-state index in [4.69, 9.17) is 4.74 Å². The molecule has 24 heavy (non-hydrogen) atoms. The first kappa shape index (κ1) is 17.0. The van der Waals surface area contributed by atoms with Crippen LogP contribution in [0.3, 0.4) is 0 Å². The number of benzene rings is 1. The fraction of sp³-hybridized carbons (Fsp3) is 0.412. The highest BCUT2D eigenvalue weighted by Gasteiger charge is 2.34. The lowest BCUT2D eigenvalue weighted by Gasteiger charge is -2.35. The Bertz CT molecular complexity index is 781.